The lowest BCUT2D eigenvalue weighted by atomic mass is 10.1. The van der Waals surface area contributed by atoms with E-state index >= 15 is 0 Å². The summed E-state index contributed by atoms with van der Waals surface area (Å²) in [6.07, 6.45) is 4.94. The second kappa shape index (κ2) is 9.24. The molecule has 0 spiro atoms. The minimum Gasteiger partial charge on any atom is -0.437 e. The molecule has 0 amide bonds. The Hall–Kier alpha value is -2.78. The van der Waals surface area contributed by atoms with Crippen LogP contribution in [0.3, 0.4) is 0 Å². The van der Waals surface area contributed by atoms with Crippen LogP contribution in [-0.2, 0) is 17.2 Å². The average molecular weight is 382 g/mol. The van der Waals surface area contributed by atoms with E-state index in [4.69, 9.17) is 10.00 Å². The van der Waals surface area contributed by atoms with Crippen molar-refractivity contribution in [3.05, 3.63) is 65.7 Å². The fraction of sp³-hybridized carbons (Fsp3) is 0.286. The number of benzene rings is 1. The van der Waals surface area contributed by atoms with E-state index in [-0.39, 0.29) is 0 Å². The first-order valence-electron chi connectivity index (χ1n) is 8.59. The molecule has 1 unspecified atom stereocenters. The molecule has 1 atom stereocenters. The van der Waals surface area contributed by atoms with Gasteiger partial charge in [0.2, 0.25) is 5.88 Å². The van der Waals surface area contributed by atoms with Crippen LogP contribution in [0, 0.1) is 32.1 Å². The Bertz CT molecular complexity index is 916. The number of rotatable bonds is 3. The van der Waals surface area contributed by atoms with Crippen LogP contribution in [0.15, 0.2) is 42.3 Å². The highest BCUT2D eigenvalue weighted by Crippen LogP contribution is 2.35. The molecule has 0 aliphatic carbocycles. The molecule has 0 saturated heterocycles. The number of allylic oxidation sites excluding steroid dienone is 2. The Morgan fingerprint density at radius 1 is 1.19 bits per heavy atom. The van der Waals surface area contributed by atoms with Gasteiger partial charge in [0.25, 0.3) is 0 Å². The molecule has 0 saturated carbocycles. The van der Waals surface area contributed by atoms with Gasteiger partial charge in [-0.3, -0.25) is 4.21 Å². The van der Waals surface area contributed by atoms with Crippen molar-refractivity contribution >= 4 is 10.8 Å². The monoisotopic (exact) mass is 381 g/mol. The fourth-order valence-corrected chi connectivity index (χ4v) is 4.11. The van der Waals surface area contributed by atoms with Gasteiger partial charge >= 0.3 is 0 Å². The minimum atomic E-state index is -1.13. The third-order valence-electron chi connectivity index (χ3n) is 3.94. The van der Waals surface area contributed by atoms with E-state index in [1.165, 1.54) is 0 Å². The maximum Gasteiger partial charge on any atom is 0.239 e. The van der Waals surface area contributed by atoms with Crippen molar-refractivity contribution in [2.45, 2.75) is 38.5 Å². The molecule has 2 aromatic rings. The number of fused-ring (bicyclic) bond motifs is 1. The molecule has 0 fully saturated rings. The summed E-state index contributed by atoms with van der Waals surface area (Å²) in [5.41, 5.74) is 3.12. The molecule has 140 valence electrons. The molecule has 0 N–H and O–H groups in total. The van der Waals surface area contributed by atoms with Crippen molar-refractivity contribution in [3.63, 3.8) is 0 Å². The molecule has 27 heavy (non-hydrogen) atoms. The van der Waals surface area contributed by atoms with Crippen molar-refractivity contribution in [2.24, 2.45) is 0 Å². The molecule has 0 bridgehead atoms. The number of hydrogen-bond donors (Lipinski definition) is 0. The Morgan fingerprint density at radius 3 is 2.37 bits per heavy atom. The first-order chi connectivity index (χ1) is 12.9. The van der Waals surface area contributed by atoms with E-state index in [2.05, 4.69) is 29.2 Å². The number of nitrogens with zero attached hydrogens (tertiary/aromatic N) is 3. The van der Waals surface area contributed by atoms with Gasteiger partial charge in [-0.15, -0.1) is 0 Å². The summed E-state index contributed by atoms with van der Waals surface area (Å²) in [5.74, 6) is 2.26. The zero-order chi connectivity index (χ0) is 20.0. The number of aromatic nitrogens is 2. The van der Waals surface area contributed by atoms with Crippen molar-refractivity contribution in [1.29, 1.82) is 5.26 Å². The third kappa shape index (κ3) is 4.89. The molecule has 3 rings (SSSR count). The lowest BCUT2D eigenvalue weighted by molar-refractivity contribution is 0.435. The van der Waals surface area contributed by atoms with Gasteiger partial charge in [0.1, 0.15) is 16.5 Å². The topological polar surface area (TPSA) is 75.9 Å². The van der Waals surface area contributed by atoms with Crippen molar-refractivity contribution in [3.8, 4) is 17.7 Å². The van der Waals surface area contributed by atoms with Crippen LogP contribution < -0.4 is 4.74 Å². The summed E-state index contributed by atoms with van der Waals surface area (Å²) in [4.78, 5) is 9.39. The summed E-state index contributed by atoms with van der Waals surface area (Å²) >= 11 is 0. The number of hydrogen-bond acceptors (Lipinski definition) is 5. The first kappa shape index (κ1) is 20.5. The summed E-state index contributed by atoms with van der Waals surface area (Å²) < 4.78 is 18.4. The van der Waals surface area contributed by atoms with Crippen molar-refractivity contribution < 1.29 is 8.95 Å². The fourth-order valence-electron chi connectivity index (χ4n) is 2.80. The van der Waals surface area contributed by atoms with Crippen LogP contribution in [0.4, 0.5) is 0 Å². The molecule has 2 heterocycles. The predicted octanol–water partition coefficient (Wildman–Crippen LogP) is 4.48. The molecule has 1 aromatic carbocycles. The predicted molar refractivity (Wildman–Crippen MR) is 107 cm³/mol. The molecule has 1 aliphatic rings. The van der Waals surface area contributed by atoms with Gasteiger partial charge in [-0.2, -0.15) is 10.2 Å². The van der Waals surface area contributed by atoms with Gasteiger partial charge < -0.3 is 4.74 Å². The SMILES string of the molecule is C=CC=C.Cc1nc2c(c(Oc3c(C)cc(C#N)cc3C)n1)S(=O)CCC2. The van der Waals surface area contributed by atoms with E-state index in [9.17, 15) is 4.21 Å². The Labute approximate surface area is 162 Å². The maximum atomic E-state index is 12.4. The van der Waals surface area contributed by atoms with E-state index < -0.39 is 10.8 Å². The zero-order valence-electron chi connectivity index (χ0n) is 15.9. The van der Waals surface area contributed by atoms with Crippen LogP contribution in [0.5, 0.6) is 11.6 Å². The van der Waals surface area contributed by atoms with Gasteiger partial charge in [0.15, 0.2) is 0 Å². The van der Waals surface area contributed by atoms with Gasteiger partial charge in [-0.05, 0) is 56.9 Å². The lowest BCUT2D eigenvalue weighted by Crippen LogP contribution is -2.15. The Balaban J connectivity index is 0.000000596. The van der Waals surface area contributed by atoms with Gasteiger partial charge in [0, 0.05) is 5.75 Å². The number of nitriles is 1. The summed E-state index contributed by atoms with van der Waals surface area (Å²) in [6, 6.07) is 5.69. The third-order valence-corrected chi connectivity index (χ3v) is 5.47. The second-order valence-electron chi connectivity index (χ2n) is 6.13. The quantitative estimate of drug-likeness (QED) is 0.733. The van der Waals surface area contributed by atoms with Crippen LogP contribution in [-0.4, -0.2) is 19.9 Å². The number of ether oxygens (including phenoxy) is 1. The van der Waals surface area contributed by atoms with Crippen LogP contribution >= 0.6 is 0 Å². The van der Waals surface area contributed by atoms with Crippen molar-refractivity contribution in [1.82, 2.24) is 9.97 Å². The van der Waals surface area contributed by atoms with E-state index in [0.29, 0.717) is 33.7 Å². The normalized spacial score (nSPS) is 14.8. The summed E-state index contributed by atoms with van der Waals surface area (Å²) in [6.45, 7) is 12.3. The van der Waals surface area contributed by atoms with Gasteiger partial charge in [0.05, 0.1) is 28.1 Å². The Kier molecular flexibility index (Phi) is 7.03. The standard InChI is InChI=1S/C17H17N3O2S.C4H6/c1-10-7-13(9-18)8-11(2)15(10)22-17-16-14(19-12(3)20-17)5-4-6-23(16)21;1-3-4-2/h7-8H,4-6H2,1-3H3;3-4H,1-2H2. The zero-order valence-corrected chi connectivity index (χ0v) is 16.7. The average Bonchev–Trinajstić information content (AvgIpc) is 2.64. The molecule has 1 aromatic heterocycles. The highest BCUT2D eigenvalue weighted by atomic mass is 32.2. The van der Waals surface area contributed by atoms with E-state index in [0.717, 1.165) is 29.7 Å². The van der Waals surface area contributed by atoms with Gasteiger partial charge in [-0.25, -0.2) is 4.98 Å². The second-order valence-corrected chi connectivity index (χ2v) is 7.64. The lowest BCUT2D eigenvalue weighted by Gasteiger charge is -2.19. The van der Waals surface area contributed by atoms with E-state index in [1.807, 2.05) is 20.8 Å². The molecular weight excluding hydrogens is 358 g/mol. The highest BCUT2D eigenvalue weighted by Gasteiger charge is 2.25. The smallest absolute Gasteiger partial charge is 0.239 e. The molecule has 1 aliphatic heterocycles. The van der Waals surface area contributed by atoms with E-state index in [1.54, 1.807) is 24.3 Å². The molecule has 6 heteroatoms. The van der Waals surface area contributed by atoms with Crippen molar-refractivity contribution in [2.75, 3.05) is 5.75 Å². The maximum absolute atomic E-state index is 12.4. The minimum absolute atomic E-state index is 0.376. The van der Waals surface area contributed by atoms with Crippen LogP contribution in [0.25, 0.3) is 0 Å². The highest BCUT2D eigenvalue weighted by molar-refractivity contribution is 7.85. The summed E-state index contributed by atoms with van der Waals surface area (Å²) in [7, 11) is -1.13. The summed E-state index contributed by atoms with van der Waals surface area (Å²) in [5, 5.41) is 9.04. The van der Waals surface area contributed by atoms with Crippen LogP contribution in [0.1, 0.15) is 34.6 Å². The van der Waals surface area contributed by atoms with Gasteiger partial charge in [-0.1, -0.05) is 25.3 Å². The Morgan fingerprint density at radius 2 is 1.81 bits per heavy atom. The van der Waals surface area contributed by atoms with Crippen LogP contribution in [0.2, 0.25) is 0 Å². The molecule has 0 radical (unpaired) electrons. The molecule has 5 nitrogen and oxygen atoms in total. The first-order valence-corrected chi connectivity index (χ1v) is 9.91. The molecular formula is C21H23N3O2S. The number of aryl methyl sites for hydroxylation is 4. The largest absolute Gasteiger partial charge is 0.437 e.